The first-order chi connectivity index (χ1) is 8.43. The lowest BCUT2D eigenvalue weighted by Crippen LogP contribution is -2.25. The molecular formula is C14H18N2O. The van der Waals surface area contributed by atoms with E-state index in [9.17, 15) is 0 Å². The lowest BCUT2D eigenvalue weighted by molar-refractivity contribution is 0.110. The van der Waals surface area contributed by atoms with Crippen LogP contribution in [0.1, 0.15) is 18.4 Å². The average molecular weight is 230 g/mol. The van der Waals surface area contributed by atoms with E-state index in [1.54, 1.807) is 0 Å². The molecule has 0 saturated carbocycles. The van der Waals surface area contributed by atoms with Crippen LogP contribution in [0.15, 0.2) is 30.5 Å². The van der Waals surface area contributed by atoms with Gasteiger partial charge in [0.05, 0.1) is 6.10 Å². The minimum absolute atomic E-state index is 0.417. The van der Waals surface area contributed by atoms with Crippen LogP contribution >= 0.6 is 0 Å². The van der Waals surface area contributed by atoms with Crippen molar-refractivity contribution in [2.45, 2.75) is 25.5 Å². The Morgan fingerprint density at radius 3 is 3.18 bits per heavy atom. The molecule has 3 nitrogen and oxygen atoms in total. The van der Waals surface area contributed by atoms with E-state index in [0.29, 0.717) is 6.10 Å². The molecule has 1 aromatic heterocycles. The molecule has 0 aliphatic carbocycles. The summed E-state index contributed by atoms with van der Waals surface area (Å²) in [5.41, 5.74) is 2.54. The van der Waals surface area contributed by atoms with Crippen LogP contribution in [0.5, 0.6) is 0 Å². The molecule has 2 N–H and O–H groups in total. The molecule has 3 heteroatoms. The molecule has 2 heterocycles. The van der Waals surface area contributed by atoms with Gasteiger partial charge in [-0.25, -0.2) is 0 Å². The Labute approximate surface area is 101 Å². The maximum Gasteiger partial charge on any atom is 0.0700 e. The third-order valence-electron chi connectivity index (χ3n) is 3.39. The minimum atomic E-state index is 0.417. The topological polar surface area (TPSA) is 37.0 Å². The summed E-state index contributed by atoms with van der Waals surface area (Å²) in [7, 11) is 0. The highest BCUT2D eigenvalue weighted by atomic mass is 16.5. The summed E-state index contributed by atoms with van der Waals surface area (Å²) in [6.07, 6.45) is 4.91. The second-order valence-electron chi connectivity index (χ2n) is 4.63. The van der Waals surface area contributed by atoms with Gasteiger partial charge in [-0.15, -0.1) is 0 Å². The normalized spacial score (nSPS) is 20.1. The number of H-pyrrole nitrogens is 1. The van der Waals surface area contributed by atoms with Crippen LogP contribution in [-0.2, 0) is 11.3 Å². The van der Waals surface area contributed by atoms with E-state index in [0.717, 1.165) is 19.7 Å². The van der Waals surface area contributed by atoms with Crippen molar-refractivity contribution in [2.24, 2.45) is 0 Å². The Bertz CT molecular complexity index is 486. The van der Waals surface area contributed by atoms with E-state index in [-0.39, 0.29) is 0 Å². The number of para-hydroxylation sites is 1. The van der Waals surface area contributed by atoms with Gasteiger partial charge < -0.3 is 15.0 Å². The SMILES string of the molecule is c1ccc2c(CNC[C@@H]3CCCO3)c[nH]c2c1. The van der Waals surface area contributed by atoms with Crippen molar-refractivity contribution in [3.63, 3.8) is 0 Å². The van der Waals surface area contributed by atoms with Crippen LogP contribution in [0.4, 0.5) is 0 Å². The number of aromatic amines is 1. The van der Waals surface area contributed by atoms with E-state index < -0.39 is 0 Å². The van der Waals surface area contributed by atoms with Gasteiger partial charge in [0.25, 0.3) is 0 Å². The van der Waals surface area contributed by atoms with Crippen LogP contribution in [0, 0.1) is 0 Å². The predicted octanol–water partition coefficient (Wildman–Crippen LogP) is 2.44. The first-order valence-electron chi connectivity index (χ1n) is 6.31. The van der Waals surface area contributed by atoms with Crippen molar-refractivity contribution in [1.29, 1.82) is 0 Å². The van der Waals surface area contributed by atoms with Crippen molar-refractivity contribution < 1.29 is 4.74 Å². The minimum Gasteiger partial charge on any atom is -0.377 e. The zero-order valence-electron chi connectivity index (χ0n) is 9.91. The first kappa shape index (κ1) is 10.8. The zero-order chi connectivity index (χ0) is 11.5. The van der Waals surface area contributed by atoms with Gasteiger partial charge in [-0.05, 0) is 24.5 Å². The number of hydrogen-bond acceptors (Lipinski definition) is 2. The molecule has 0 bridgehead atoms. The molecule has 0 unspecified atom stereocenters. The van der Waals surface area contributed by atoms with Gasteiger partial charge in [-0.1, -0.05) is 18.2 Å². The molecule has 1 fully saturated rings. The first-order valence-corrected chi connectivity index (χ1v) is 6.31. The van der Waals surface area contributed by atoms with Crippen LogP contribution in [0.25, 0.3) is 10.9 Å². The maximum absolute atomic E-state index is 5.59. The Hall–Kier alpha value is -1.32. The zero-order valence-corrected chi connectivity index (χ0v) is 9.91. The third-order valence-corrected chi connectivity index (χ3v) is 3.39. The van der Waals surface area contributed by atoms with Gasteiger partial charge in [-0.2, -0.15) is 0 Å². The number of fused-ring (bicyclic) bond motifs is 1. The van der Waals surface area contributed by atoms with Crippen LogP contribution in [0.2, 0.25) is 0 Å². The highest BCUT2D eigenvalue weighted by molar-refractivity contribution is 5.82. The second kappa shape index (κ2) is 4.90. The summed E-state index contributed by atoms with van der Waals surface area (Å²) in [4.78, 5) is 3.30. The van der Waals surface area contributed by atoms with Crippen LogP contribution < -0.4 is 5.32 Å². The van der Waals surface area contributed by atoms with Crippen LogP contribution in [-0.4, -0.2) is 24.2 Å². The Morgan fingerprint density at radius 1 is 1.35 bits per heavy atom. The fourth-order valence-corrected chi connectivity index (χ4v) is 2.45. The quantitative estimate of drug-likeness (QED) is 0.846. The standard InChI is InChI=1S/C14H18N2O/c1-2-6-14-13(5-1)11(9-16-14)8-15-10-12-4-3-7-17-12/h1-2,5-6,9,12,15-16H,3-4,7-8,10H2/t12-/m0/s1. The molecular weight excluding hydrogens is 212 g/mol. The maximum atomic E-state index is 5.59. The fourth-order valence-electron chi connectivity index (χ4n) is 2.45. The molecule has 1 aliphatic heterocycles. The summed E-state index contributed by atoms with van der Waals surface area (Å²) < 4.78 is 5.59. The van der Waals surface area contributed by atoms with Gasteiger partial charge in [0.1, 0.15) is 0 Å². The van der Waals surface area contributed by atoms with E-state index in [4.69, 9.17) is 4.74 Å². The summed E-state index contributed by atoms with van der Waals surface area (Å²) in [6.45, 7) is 2.79. The van der Waals surface area contributed by atoms with E-state index in [1.807, 2.05) is 0 Å². The van der Waals surface area contributed by atoms with Crippen molar-refractivity contribution in [3.05, 3.63) is 36.0 Å². The number of aromatic nitrogens is 1. The average Bonchev–Trinajstić information content (AvgIpc) is 2.99. The molecule has 0 radical (unpaired) electrons. The summed E-state index contributed by atoms with van der Waals surface area (Å²) in [5.74, 6) is 0. The number of ether oxygens (including phenoxy) is 1. The van der Waals surface area contributed by atoms with Crippen molar-refractivity contribution in [2.75, 3.05) is 13.2 Å². The third kappa shape index (κ3) is 2.35. The lowest BCUT2D eigenvalue weighted by atomic mass is 10.1. The van der Waals surface area contributed by atoms with E-state index >= 15 is 0 Å². The number of rotatable bonds is 4. The van der Waals surface area contributed by atoms with Gasteiger partial charge in [0.15, 0.2) is 0 Å². The molecule has 17 heavy (non-hydrogen) atoms. The van der Waals surface area contributed by atoms with Gasteiger partial charge >= 0.3 is 0 Å². The smallest absolute Gasteiger partial charge is 0.0700 e. The summed E-state index contributed by atoms with van der Waals surface area (Å²) in [5, 5.41) is 4.79. The molecule has 1 aliphatic rings. The van der Waals surface area contributed by atoms with Gasteiger partial charge in [-0.3, -0.25) is 0 Å². The highest BCUT2D eigenvalue weighted by Gasteiger charge is 2.14. The molecule has 2 aromatic rings. The number of hydrogen-bond donors (Lipinski definition) is 2. The van der Waals surface area contributed by atoms with Crippen LogP contribution in [0.3, 0.4) is 0 Å². The molecule has 1 atom stereocenters. The molecule has 0 amide bonds. The summed E-state index contributed by atoms with van der Waals surface area (Å²) >= 11 is 0. The molecule has 90 valence electrons. The van der Waals surface area contributed by atoms with Crippen molar-refractivity contribution >= 4 is 10.9 Å². The Morgan fingerprint density at radius 2 is 2.29 bits per heavy atom. The van der Waals surface area contributed by atoms with Crippen molar-refractivity contribution in [3.8, 4) is 0 Å². The Kier molecular flexibility index (Phi) is 3.12. The number of benzene rings is 1. The van der Waals surface area contributed by atoms with E-state index in [1.165, 1.54) is 29.3 Å². The molecule has 0 spiro atoms. The largest absolute Gasteiger partial charge is 0.377 e. The highest BCUT2D eigenvalue weighted by Crippen LogP contribution is 2.17. The van der Waals surface area contributed by atoms with Crippen molar-refractivity contribution in [1.82, 2.24) is 10.3 Å². The second-order valence-corrected chi connectivity index (χ2v) is 4.63. The predicted molar refractivity (Wildman–Crippen MR) is 69.0 cm³/mol. The fraction of sp³-hybridized carbons (Fsp3) is 0.429. The lowest BCUT2D eigenvalue weighted by Gasteiger charge is -2.10. The van der Waals surface area contributed by atoms with Gasteiger partial charge in [0.2, 0.25) is 0 Å². The summed E-state index contributed by atoms with van der Waals surface area (Å²) in [6, 6.07) is 8.41. The number of nitrogens with one attached hydrogen (secondary N) is 2. The molecule has 1 aromatic carbocycles. The monoisotopic (exact) mass is 230 g/mol. The molecule has 1 saturated heterocycles. The van der Waals surface area contributed by atoms with E-state index in [2.05, 4.69) is 40.8 Å². The Balaban J connectivity index is 1.60. The van der Waals surface area contributed by atoms with Gasteiger partial charge in [0, 0.05) is 36.8 Å². The molecule has 3 rings (SSSR count).